The number of carbonyl (C=O) groups is 3. The molecule has 0 aliphatic heterocycles. The summed E-state index contributed by atoms with van der Waals surface area (Å²) in [4.78, 5) is 39.2. The van der Waals surface area contributed by atoms with Gasteiger partial charge < -0.3 is 14.2 Å². The molecule has 0 spiro atoms. The van der Waals surface area contributed by atoms with Crippen LogP contribution in [0, 0.1) is 0 Å². The van der Waals surface area contributed by atoms with E-state index in [1.54, 1.807) is 41.5 Å². The maximum Gasteiger partial charge on any atom is 0.420 e. The Hall–Kier alpha value is -1.79. The van der Waals surface area contributed by atoms with Gasteiger partial charge in [-0.25, -0.2) is 14.4 Å². The van der Waals surface area contributed by atoms with Gasteiger partial charge in [0.15, 0.2) is 0 Å². The van der Waals surface area contributed by atoms with Crippen molar-refractivity contribution in [1.29, 1.82) is 0 Å². The van der Waals surface area contributed by atoms with Crippen molar-refractivity contribution in [3.05, 3.63) is 0 Å². The van der Waals surface area contributed by atoms with Crippen LogP contribution in [-0.2, 0) is 19.0 Å². The Kier molecular flexibility index (Phi) is 19.2. The van der Waals surface area contributed by atoms with Crippen LogP contribution in [0.1, 0.15) is 158 Å². The van der Waals surface area contributed by atoms with Gasteiger partial charge in [0.25, 0.3) is 0 Å². The Bertz CT molecular complexity index is 622. The van der Waals surface area contributed by atoms with E-state index in [1.807, 2.05) is 0 Å². The fourth-order valence-corrected chi connectivity index (χ4v) is 4.33. The molecule has 0 N–H and O–H groups in total. The van der Waals surface area contributed by atoms with Crippen LogP contribution in [-0.4, -0.2) is 47.4 Å². The molecule has 7 heteroatoms. The van der Waals surface area contributed by atoms with Crippen molar-refractivity contribution in [2.75, 3.05) is 7.11 Å². The normalized spacial score (nSPS) is 12.6. The highest BCUT2D eigenvalue weighted by molar-refractivity contribution is 5.94. The molecule has 0 fully saturated rings. The van der Waals surface area contributed by atoms with Crippen LogP contribution in [0.25, 0.3) is 0 Å². The molecule has 224 valence electrons. The van der Waals surface area contributed by atoms with E-state index in [-0.39, 0.29) is 0 Å². The van der Waals surface area contributed by atoms with Crippen molar-refractivity contribution in [2.24, 2.45) is 0 Å². The second kappa shape index (κ2) is 20.2. The monoisotopic (exact) mass is 541 g/mol. The third-order valence-corrected chi connectivity index (χ3v) is 6.30. The largest absolute Gasteiger partial charge is 0.467 e. The van der Waals surface area contributed by atoms with Crippen molar-refractivity contribution < 1.29 is 28.6 Å². The van der Waals surface area contributed by atoms with Crippen LogP contribution < -0.4 is 0 Å². The Morgan fingerprint density at radius 1 is 0.579 bits per heavy atom. The summed E-state index contributed by atoms with van der Waals surface area (Å²) in [6.45, 7) is 12.5. The van der Waals surface area contributed by atoms with Crippen LogP contribution in [0.3, 0.4) is 0 Å². The molecule has 0 aliphatic carbocycles. The number of rotatable bonds is 19. The molecule has 0 bridgehead atoms. The van der Waals surface area contributed by atoms with E-state index >= 15 is 0 Å². The van der Waals surface area contributed by atoms with E-state index in [0.29, 0.717) is 12.8 Å². The molecule has 0 aliphatic rings. The molecule has 0 saturated carbocycles. The van der Waals surface area contributed by atoms with Crippen molar-refractivity contribution in [3.63, 3.8) is 0 Å². The summed E-state index contributed by atoms with van der Waals surface area (Å²) in [7, 11) is 1.26. The Balaban J connectivity index is 4.48. The van der Waals surface area contributed by atoms with E-state index in [2.05, 4.69) is 6.92 Å². The fourth-order valence-electron chi connectivity index (χ4n) is 4.33. The highest BCUT2D eigenvalue weighted by Gasteiger charge is 2.40. The van der Waals surface area contributed by atoms with E-state index in [4.69, 9.17) is 14.2 Å². The lowest BCUT2D eigenvalue weighted by atomic mass is 10.0. The molecule has 7 nitrogen and oxygen atoms in total. The number of nitrogens with zero attached hydrogens (tertiary/aromatic N) is 1. The van der Waals surface area contributed by atoms with Crippen LogP contribution in [0.4, 0.5) is 9.59 Å². The number of hydrogen-bond acceptors (Lipinski definition) is 6. The Morgan fingerprint density at radius 3 is 1.18 bits per heavy atom. The first-order valence-corrected chi connectivity index (χ1v) is 15.2. The predicted octanol–water partition coefficient (Wildman–Crippen LogP) is 9.35. The highest BCUT2D eigenvalue weighted by atomic mass is 16.6. The van der Waals surface area contributed by atoms with E-state index < -0.39 is 35.4 Å². The zero-order chi connectivity index (χ0) is 29.0. The first-order chi connectivity index (χ1) is 17.8. The van der Waals surface area contributed by atoms with Gasteiger partial charge in [-0.1, -0.05) is 110 Å². The summed E-state index contributed by atoms with van der Waals surface area (Å²) in [5.74, 6) is -0.650. The number of esters is 1. The van der Waals surface area contributed by atoms with Gasteiger partial charge in [-0.3, -0.25) is 0 Å². The second-order valence-corrected chi connectivity index (χ2v) is 12.5. The number of carbonyl (C=O) groups excluding carboxylic acids is 3. The molecule has 0 heterocycles. The summed E-state index contributed by atoms with van der Waals surface area (Å²) in [6, 6.07) is -1.09. The van der Waals surface area contributed by atoms with Crippen LogP contribution in [0.5, 0.6) is 0 Å². The third-order valence-electron chi connectivity index (χ3n) is 6.30. The zero-order valence-electron chi connectivity index (χ0n) is 26.0. The van der Waals surface area contributed by atoms with Crippen molar-refractivity contribution in [3.8, 4) is 0 Å². The minimum absolute atomic E-state index is 0.309. The van der Waals surface area contributed by atoms with Crippen molar-refractivity contribution in [2.45, 2.75) is 175 Å². The standard InChI is InChI=1S/C31H59NO6/c1-9-10-11-12-13-14-15-16-17-18-19-20-21-22-23-24-25-26(27(33)36-8)32(28(34)37-30(2,3)4)29(35)38-31(5,6)7/h26H,9-25H2,1-8H3/t26-/m0/s1. The SMILES string of the molecule is CCCCCCCCCCCCCCCCCC[C@@H](C(=O)OC)N(C(=O)OC(C)(C)C)C(=O)OC(C)(C)C. The molecular weight excluding hydrogens is 482 g/mol. The molecule has 0 saturated heterocycles. The van der Waals surface area contributed by atoms with Crippen LogP contribution in [0.15, 0.2) is 0 Å². The summed E-state index contributed by atoms with van der Waals surface area (Å²) >= 11 is 0. The van der Waals surface area contributed by atoms with Gasteiger partial charge in [-0.2, -0.15) is 4.90 Å². The molecule has 0 aromatic heterocycles. The molecule has 1 atom stereocenters. The Labute approximate surface area is 233 Å². The smallest absolute Gasteiger partial charge is 0.420 e. The molecular formula is C31H59NO6. The van der Waals surface area contributed by atoms with E-state index in [0.717, 1.165) is 24.2 Å². The topological polar surface area (TPSA) is 82.1 Å². The minimum Gasteiger partial charge on any atom is -0.467 e. The lowest BCUT2D eigenvalue weighted by Gasteiger charge is -2.32. The summed E-state index contributed by atoms with van der Waals surface area (Å²) in [6.07, 6.45) is 18.5. The second-order valence-electron chi connectivity index (χ2n) is 12.5. The molecule has 38 heavy (non-hydrogen) atoms. The van der Waals surface area contributed by atoms with Crippen molar-refractivity contribution in [1.82, 2.24) is 4.90 Å². The number of unbranched alkanes of at least 4 members (excludes halogenated alkanes) is 15. The molecule has 2 amide bonds. The number of ether oxygens (including phenoxy) is 3. The van der Waals surface area contributed by atoms with Gasteiger partial charge in [0, 0.05) is 0 Å². The van der Waals surface area contributed by atoms with E-state index in [9.17, 15) is 14.4 Å². The predicted molar refractivity (Wildman–Crippen MR) is 154 cm³/mol. The first-order valence-electron chi connectivity index (χ1n) is 15.2. The third kappa shape index (κ3) is 19.3. The van der Waals surface area contributed by atoms with Gasteiger partial charge in [0.1, 0.15) is 17.2 Å². The summed E-state index contributed by atoms with van der Waals surface area (Å²) in [5, 5.41) is 0. The molecule has 0 radical (unpaired) electrons. The van der Waals surface area contributed by atoms with Crippen molar-refractivity contribution >= 4 is 18.2 Å². The van der Waals surface area contributed by atoms with Crippen LogP contribution in [0.2, 0.25) is 0 Å². The molecule has 0 rings (SSSR count). The maximum atomic E-state index is 12.9. The van der Waals surface area contributed by atoms with Crippen LogP contribution >= 0.6 is 0 Å². The number of methoxy groups -OCH3 is 1. The zero-order valence-corrected chi connectivity index (χ0v) is 26.0. The summed E-state index contributed by atoms with van der Waals surface area (Å²) in [5.41, 5.74) is -1.65. The number of imide groups is 1. The maximum absolute atomic E-state index is 12.9. The van der Waals surface area contributed by atoms with E-state index in [1.165, 1.54) is 84.2 Å². The average molecular weight is 542 g/mol. The minimum atomic E-state index is -1.09. The molecule has 0 aromatic carbocycles. The van der Waals surface area contributed by atoms with Gasteiger partial charge >= 0.3 is 18.2 Å². The fraction of sp³-hybridized carbons (Fsp3) is 0.903. The van der Waals surface area contributed by atoms with Gasteiger partial charge in [-0.15, -0.1) is 0 Å². The van der Waals surface area contributed by atoms with Gasteiger partial charge in [-0.05, 0) is 48.0 Å². The molecule has 0 unspecified atom stereocenters. The quantitative estimate of drug-likeness (QED) is 0.0920. The van der Waals surface area contributed by atoms with Gasteiger partial charge in [0.05, 0.1) is 7.11 Å². The average Bonchev–Trinajstić information content (AvgIpc) is 2.80. The lowest BCUT2D eigenvalue weighted by Crippen LogP contribution is -2.52. The van der Waals surface area contributed by atoms with Gasteiger partial charge in [0.2, 0.25) is 0 Å². The summed E-state index contributed by atoms with van der Waals surface area (Å²) < 4.78 is 15.8. The number of hydrogen-bond donors (Lipinski definition) is 0. The molecule has 0 aromatic rings. The lowest BCUT2D eigenvalue weighted by molar-refractivity contribution is -0.147. The first kappa shape index (κ1) is 36.2. The Morgan fingerprint density at radius 2 is 0.895 bits per heavy atom. The number of amides is 2. The highest BCUT2D eigenvalue weighted by Crippen LogP contribution is 2.21.